The lowest BCUT2D eigenvalue weighted by molar-refractivity contribution is -0.138. The maximum absolute atomic E-state index is 13.4. The molecule has 4 heterocycles. The molecule has 32 heavy (non-hydrogen) atoms. The molecule has 5 rings (SSSR count). The minimum Gasteiger partial charge on any atom is -0.456 e. The van der Waals surface area contributed by atoms with Gasteiger partial charge in [0, 0.05) is 18.6 Å². The first-order valence-corrected chi connectivity index (χ1v) is 11.0. The van der Waals surface area contributed by atoms with Crippen molar-refractivity contribution in [2.45, 2.75) is 64.6 Å². The van der Waals surface area contributed by atoms with Crippen LogP contribution in [0.2, 0.25) is 0 Å². The Bertz CT molecular complexity index is 1040. The Hall–Kier alpha value is -3.21. The van der Waals surface area contributed by atoms with Crippen molar-refractivity contribution in [3.05, 3.63) is 35.4 Å². The van der Waals surface area contributed by atoms with Crippen LogP contribution in [0.1, 0.15) is 51.6 Å². The summed E-state index contributed by atoms with van der Waals surface area (Å²) >= 11 is 0. The van der Waals surface area contributed by atoms with E-state index in [4.69, 9.17) is 4.74 Å². The van der Waals surface area contributed by atoms with Crippen molar-refractivity contribution in [1.82, 2.24) is 40.6 Å². The fraction of sp³-hybridized carbons (Fsp3) is 0.571. The molecular formula is C21H26N8O3. The molecule has 0 radical (unpaired) electrons. The molecule has 3 aliphatic rings. The Balaban J connectivity index is 1.17. The van der Waals surface area contributed by atoms with E-state index in [0.717, 1.165) is 43.5 Å². The summed E-state index contributed by atoms with van der Waals surface area (Å²) in [6.45, 7) is 4.63. The van der Waals surface area contributed by atoms with Crippen molar-refractivity contribution in [2.75, 3.05) is 6.61 Å². The number of nitrogens with zero attached hydrogens (tertiary/aromatic N) is 7. The summed E-state index contributed by atoms with van der Waals surface area (Å²) < 4.78 is 6.60. The first-order chi connectivity index (χ1) is 15.5. The molecule has 0 bridgehead atoms. The van der Waals surface area contributed by atoms with Crippen LogP contribution in [-0.4, -0.2) is 65.9 Å². The highest BCUT2D eigenvalue weighted by Gasteiger charge is 2.53. The third-order valence-electron chi connectivity index (χ3n) is 6.97. The average molecular weight is 438 g/mol. The fourth-order valence-electron chi connectivity index (χ4n) is 5.18. The van der Waals surface area contributed by atoms with E-state index < -0.39 is 0 Å². The number of likely N-dealkylation sites (tertiary alicyclic amines) is 1. The number of hydrogen-bond acceptors (Lipinski definition) is 9. The highest BCUT2D eigenvalue weighted by molar-refractivity contribution is 5.94. The molecule has 0 aromatic carbocycles. The van der Waals surface area contributed by atoms with Crippen molar-refractivity contribution in [3.63, 3.8) is 0 Å². The first kappa shape index (κ1) is 20.7. The van der Waals surface area contributed by atoms with E-state index in [0.29, 0.717) is 24.0 Å². The summed E-state index contributed by atoms with van der Waals surface area (Å²) in [5.74, 6) is 0.402. The number of ether oxygens (including phenoxy) is 1. The van der Waals surface area contributed by atoms with Gasteiger partial charge < -0.3 is 15.0 Å². The number of tetrazole rings is 1. The summed E-state index contributed by atoms with van der Waals surface area (Å²) in [5, 5.41) is 22.9. The zero-order chi connectivity index (χ0) is 22.3. The van der Waals surface area contributed by atoms with Gasteiger partial charge in [-0.25, -0.2) is 4.79 Å². The number of nitrogens with one attached hydrogen (secondary N) is 1. The van der Waals surface area contributed by atoms with E-state index in [-0.39, 0.29) is 29.9 Å². The lowest BCUT2D eigenvalue weighted by Crippen LogP contribution is -2.42. The van der Waals surface area contributed by atoms with E-state index in [9.17, 15) is 9.59 Å². The maximum atomic E-state index is 13.4. The summed E-state index contributed by atoms with van der Waals surface area (Å²) in [6, 6.07) is 4.15. The second-order valence-corrected chi connectivity index (χ2v) is 8.95. The number of cyclic esters (lactones) is 1. The lowest BCUT2D eigenvalue weighted by Gasteiger charge is -2.36. The predicted octanol–water partition coefficient (Wildman–Crippen LogP) is 0.922. The van der Waals surface area contributed by atoms with Gasteiger partial charge in [-0.3, -0.25) is 4.79 Å². The normalized spacial score (nSPS) is 28.1. The van der Waals surface area contributed by atoms with Gasteiger partial charge in [0.15, 0.2) is 5.82 Å². The third kappa shape index (κ3) is 3.56. The van der Waals surface area contributed by atoms with Gasteiger partial charge in [0.05, 0.1) is 22.4 Å². The molecule has 1 amide bonds. The van der Waals surface area contributed by atoms with Crippen LogP contribution in [0.5, 0.6) is 0 Å². The van der Waals surface area contributed by atoms with Crippen LogP contribution in [0.4, 0.5) is 0 Å². The topological polar surface area (TPSA) is 128 Å². The standard InChI is InChI=1S/C21H26N8O3/c1-13-9-21(20(31)29(13)17-11-32-19(30)14(17)2)7-5-15(6-8-21)22-10-16-3-4-18(25-24-16)28-12-23-26-27-28/h3-4,12-13,15,22H,5-11H2,1-2H3. The zero-order valence-electron chi connectivity index (χ0n) is 18.2. The highest BCUT2D eigenvalue weighted by Crippen LogP contribution is 2.49. The SMILES string of the molecule is CC1=C(N2C(=O)C3(CCC(NCc4ccc(-n5cnnn5)nn4)CC3)CC2C)COC1=O. The highest BCUT2D eigenvalue weighted by atomic mass is 16.5. The van der Waals surface area contributed by atoms with Crippen LogP contribution >= 0.6 is 0 Å². The van der Waals surface area contributed by atoms with Gasteiger partial charge in [0.2, 0.25) is 5.91 Å². The van der Waals surface area contributed by atoms with Crippen LogP contribution in [0.3, 0.4) is 0 Å². The second kappa shape index (κ2) is 8.05. The van der Waals surface area contributed by atoms with Crippen LogP contribution in [0.15, 0.2) is 29.7 Å². The molecule has 168 valence electrons. The van der Waals surface area contributed by atoms with Crippen LogP contribution in [-0.2, 0) is 20.9 Å². The number of aromatic nitrogens is 6. The molecule has 2 aromatic heterocycles. The van der Waals surface area contributed by atoms with Crippen molar-refractivity contribution in [2.24, 2.45) is 5.41 Å². The van der Waals surface area contributed by atoms with Crippen LogP contribution < -0.4 is 5.32 Å². The molecule has 11 heteroatoms. The molecule has 1 saturated heterocycles. The van der Waals surface area contributed by atoms with Gasteiger partial charge >= 0.3 is 5.97 Å². The van der Waals surface area contributed by atoms with E-state index in [1.54, 1.807) is 6.92 Å². The van der Waals surface area contributed by atoms with Gasteiger partial charge in [0.1, 0.15) is 12.9 Å². The Kier molecular flexibility index (Phi) is 5.20. The Labute approximate surface area is 185 Å². The first-order valence-electron chi connectivity index (χ1n) is 11.0. The summed E-state index contributed by atoms with van der Waals surface area (Å²) in [6.07, 6.45) is 5.84. The number of carbonyl (C=O) groups excluding carboxylic acids is 2. The lowest BCUT2D eigenvalue weighted by atomic mass is 9.70. The quantitative estimate of drug-likeness (QED) is 0.678. The third-order valence-corrected chi connectivity index (χ3v) is 6.97. The second-order valence-electron chi connectivity index (χ2n) is 8.95. The van der Waals surface area contributed by atoms with E-state index in [1.807, 2.05) is 17.0 Å². The molecule has 1 saturated carbocycles. The molecule has 1 aliphatic carbocycles. The zero-order valence-corrected chi connectivity index (χ0v) is 18.2. The Morgan fingerprint density at radius 2 is 2.03 bits per heavy atom. The van der Waals surface area contributed by atoms with Gasteiger partial charge in [0.25, 0.3) is 0 Å². The minimum absolute atomic E-state index is 0.0837. The monoisotopic (exact) mass is 438 g/mol. The number of hydrogen-bond donors (Lipinski definition) is 1. The van der Waals surface area contributed by atoms with E-state index >= 15 is 0 Å². The Morgan fingerprint density at radius 3 is 2.66 bits per heavy atom. The van der Waals surface area contributed by atoms with Crippen molar-refractivity contribution in [3.8, 4) is 5.82 Å². The summed E-state index contributed by atoms with van der Waals surface area (Å²) in [4.78, 5) is 27.0. The number of carbonyl (C=O) groups is 2. The van der Waals surface area contributed by atoms with Gasteiger partial charge in [-0.05, 0) is 68.5 Å². The van der Waals surface area contributed by atoms with Crippen molar-refractivity contribution in [1.29, 1.82) is 0 Å². The Morgan fingerprint density at radius 1 is 1.22 bits per heavy atom. The molecule has 1 N–H and O–H groups in total. The largest absolute Gasteiger partial charge is 0.456 e. The molecule has 1 spiro atoms. The average Bonchev–Trinajstić information content (AvgIpc) is 3.50. The van der Waals surface area contributed by atoms with Crippen molar-refractivity contribution >= 4 is 11.9 Å². The summed E-state index contributed by atoms with van der Waals surface area (Å²) in [7, 11) is 0. The van der Waals surface area contributed by atoms with Gasteiger partial charge in [-0.2, -0.15) is 9.78 Å². The van der Waals surface area contributed by atoms with Gasteiger partial charge in [-0.1, -0.05) is 0 Å². The molecule has 1 unspecified atom stereocenters. The smallest absolute Gasteiger partial charge is 0.336 e. The molecule has 11 nitrogen and oxygen atoms in total. The van der Waals surface area contributed by atoms with E-state index in [1.165, 1.54) is 11.0 Å². The number of rotatable bonds is 5. The van der Waals surface area contributed by atoms with E-state index in [2.05, 4.69) is 38.0 Å². The summed E-state index contributed by atoms with van der Waals surface area (Å²) in [5.41, 5.74) is 1.81. The molecular weight excluding hydrogens is 412 g/mol. The van der Waals surface area contributed by atoms with Crippen LogP contribution in [0, 0.1) is 5.41 Å². The van der Waals surface area contributed by atoms with Crippen LogP contribution in [0.25, 0.3) is 5.82 Å². The number of amides is 1. The number of esters is 1. The molecule has 1 atom stereocenters. The van der Waals surface area contributed by atoms with Gasteiger partial charge in [-0.15, -0.1) is 10.2 Å². The maximum Gasteiger partial charge on any atom is 0.336 e. The fourth-order valence-corrected chi connectivity index (χ4v) is 5.18. The molecule has 2 aliphatic heterocycles. The molecule has 2 fully saturated rings. The minimum atomic E-state index is -0.330. The van der Waals surface area contributed by atoms with Crippen molar-refractivity contribution < 1.29 is 14.3 Å². The molecule has 2 aromatic rings. The predicted molar refractivity (Wildman–Crippen MR) is 111 cm³/mol.